The number of nitrogens with zero attached hydrogens (tertiary/aromatic N) is 3. The van der Waals surface area contributed by atoms with Crippen molar-refractivity contribution < 1.29 is 9.53 Å². The summed E-state index contributed by atoms with van der Waals surface area (Å²) in [6.07, 6.45) is 0.409. The second kappa shape index (κ2) is 6.37. The molecule has 3 unspecified atom stereocenters. The second-order valence-corrected chi connectivity index (χ2v) is 9.00. The van der Waals surface area contributed by atoms with Gasteiger partial charge in [-0.05, 0) is 46.6 Å². The SMILES string of the molecule is CC(C)(C)OC(=O)C1(C)CC(C)(C#N)C2N(Cc3ccccc3)CCN21. The van der Waals surface area contributed by atoms with Crippen LogP contribution < -0.4 is 0 Å². The molecule has 0 bridgehead atoms. The largest absolute Gasteiger partial charge is 0.459 e. The van der Waals surface area contributed by atoms with Crippen molar-refractivity contribution in [2.45, 2.75) is 64.9 Å². The summed E-state index contributed by atoms with van der Waals surface area (Å²) in [6, 6.07) is 12.8. The van der Waals surface area contributed by atoms with E-state index in [4.69, 9.17) is 4.74 Å². The van der Waals surface area contributed by atoms with Gasteiger partial charge in [0.05, 0.1) is 17.6 Å². The van der Waals surface area contributed by atoms with E-state index in [0.717, 1.165) is 19.6 Å². The molecule has 2 heterocycles. The minimum Gasteiger partial charge on any atom is -0.459 e. The van der Waals surface area contributed by atoms with E-state index < -0.39 is 16.6 Å². The summed E-state index contributed by atoms with van der Waals surface area (Å²) < 4.78 is 5.72. The van der Waals surface area contributed by atoms with Crippen LogP contribution in [0.15, 0.2) is 30.3 Å². The lowest BCUT2D eigenvalue weighted by atomic mass is 9.82. The Morgan fingerprint density at radius 1 is 1.27 bits per heavy atom. The van der Waals surface area contributed by atoms with Crippen LogP contribution in [0, 0.1) is 16.7 Å². The molecule has 1 aromatic carbocycles. The monoisotopic (exact) mass is 355 g/mol. The van der Waals surface area contributed by atoms with Crippen molar-refractivity contribution in [1.29, 1.82) is 5.26 Å². The highest BCUT2D eigenvalue weighted by Gasteiger charge is 2.63. The third-order valence-corrected chi connectivity index (χ3v) is 5.51. The lowest BCUT2D eigenvalue weighted by Crippen LogP contribution is -2.52. The Morgan fingerprint density at radius 2 is 1.92 bits per heavy atom. The molecule has 5 nitrogen and oxygen atoms in total. The van der Waals surface area contributed by atoms with Crippen LogP contribution in [0.2, 0.25) is 0 Å². The Hall–Kier alpha value is -1.90. The number of esters is 1. The van der Waals surface area contributed by atoms with E-state index >= 15 is 0 Å². The number of hydrogen-bond acceptors (Lipinski definition) is 5. The van der Waals surface area contributed by atoms with Gasteiger partial charge < -0.3 is 4.74 Å². The van der Waals surface area contributed by atoms with E-state index in [-0.39, 0.29) is 12.1 Å². The van der Waals surface area contributed by atoms with Crippen molar-refractivity contribution in [3.05, 3.63) is 35.9 Å². The number of benzene rings is 1. The molecule has 2 saturated heterocycles. The summed E-state index contributed by atoms with van der Waals surface area (Å²) in [6.45, 7) is 12.0. The van der Waals surface area contributed by atoms with Gasteiger partial charge in [-0.3, -0.25) is 14.6 Å². The van der Waals surface area contributed by atoms with Gasteiger partial charge >= 0.3 is 5.97 Å². The number of carbonyl (C=O) groups excluding carboxylic acids is 1. The molecule has 0 radical (unpaired) electrons. The Labute approximate surface area is 156 Å². The molecule has 140 valence electrons. The minimum absolute atomic E-state index is 0.0785. The summed E-state index contributed by atoms with van der Waals surface area (Å²) in [5.74, 6) is -0.226. The molecule has 2 aliphatic heterocycles. The maximum Gasteiger partial charge on any atom is 0.326 e. The number of fused-ring (bicyclic) bond motifs is 1. The van der Waals surface area contributed by atoms with Crippen LogP contribution in [0.4, 0.5) is 0 Å². The Kier molecular flexibility index (Phi) is 4.62. The molecule has 0 amide bonds. The van der Waals surface area contributed by atoms with Gasteiger partial charge in [0, 0.05) is 19.6 Å². The van der Waals surface area contributed by atoms with Crippen LogP contribution >= 0.6 is 0 Å². The van der Waals surface area contributed by atoms with E-state index in [1.165, 1.54) is 5.56 Å². The molecule has 26 heavy (non-hydrogen) atoms. The van der Waals surface area contributed by atoms with E-state index in [9.17, 15) is 10.1 Å². The first-order valence-corrected chi connectivity index (χ1v) is 9.28. The highest BCUT2D eigenvalue weighted by Crippen LogP contribution is 2.50. The van der Waals surface area contributed by atoms with Gasteiger partial charge in [0.1, 0.15) is 11.1 Å². The zero-order valence-corrected chi connectivity index (χ0v) is 16.5. The Bertz CT molecular complexity index is 721. The smallest absolute Gasteiger partial charge is 0.326 e. The molecule has 0 aromatic heterocycles. The predicted molar refractivity (Wildman–Crippen MR) is 99.9 cm³/mol. The van der Waals surface area contributed by atoms with E-state index in [2.05, 4.69) is 28.0 Å². The molecule has 3 atom stereocenters. The van der Waals surface area contributed by atoms with Crippen molar-refractivity contribution >= 4 is 5.97 Å². The number of rotatable bonds is 3. The highest BCUT2D eigenvalue weighted by molar-refractivity contribution is 5.81. The fraction of sp³-hybridized carbons (Fsp3) is 0.619. The summed E-state index contributed by atoms with van der Waals surface area (Å²) in [4.78, 5) is 17.5. The molecule has 0 saturated carbocycles. The van der Waals surface area contributed by atoms with Crippen LogP contribution in [0.25, 0.3) is 0 Å². The van der Waals surface area contributed by atoms with Gasteiger partial charge in [-0.2, -0.15) is 5.26 Å². The molecular weight excluding hydrogens is 326 g/mol. The van der Waals surface area contributed by atoms with Gasteiger partial charge in [-0.25, -0.2) is 0 Å². The topological polar surface area (TPSA) is 56.6 Å². The van der Waals surface area contributed by atoms with Crippen LogP contribution in [0.3, 0.4) is 0 Å². The van der Waals surface area contributed by atoms with Crippen LogP contribution in [-0.2, 0) is 16.1 Å². The van der Waals surface area contributed by atoms with E-state index in [1.807, 2.05) is 52.8 Å². The summed E-state index contributed by atoms with van der Waals surface area (Å²) in [5.41, 5.74) is -0.698. The minimum atomic E-state index is -0.770. The van der Waals surface area contributed by atoms with Crippen molar-refractivity contribution in [3.63, 3.8) is 0 Å². The molecule has 5 heteroatoms. The first-order valence-electron chi connectivity index (χ1n) is 9.28. The van der Waals surface area contributed by atoms with Gasteiger partial charge in [-0.1, -0.05) is 30.3 Å². The quantitative estimate of drug-likeness (QED) is 0.780. The third-order valence-electron chi connectivity index (χ3n) is 5.51. The molecule has 0 N–H and O–H groups in total. The zero-order chi connectivity index (χ0) is 19.2. The summed E-state index contributed by atoms with van der Waals surface area (Å²) >= 11 is 0. The molecule has 0 aliphatic carbocycles. The van der Waals surface area contributed by atoms with Gasteiger partial charge in [0.2, 0.25) is 0 Å². The van der Waals surface area contributed by atoms with E-state index in [0.29, 0.717) is 6.42 Å². The maximum atomic E-state index is 13.0. The average molecular weight is 355 g/mol. The highest BCUT2D eigenvalue weighted by atomic mass is 16.6. The van der Waals surface area contributed by atoms with E-state index in [1.54, 1.807) is 0 Å². The zero-order valence-electron chi connectivity index (χ0n) is 16.5. The van der Waals surface area contributed by atoms with Crippen molar-refractivity contribution in [3.8, 4) is 6.07 Å². The number of hydrogen-bond donors (Lipinski definition) is 0. The standard InChI is InChI=1S/C21H29N3O2/c1-19(2,3)26-18(25)21(5)14-20(4,15-22)17-23(11-12-24(17)21)13-16-9-7-6-8-10-16/h6-10,17H,11-14H2,1-5H3. The molecule has 0 spiro atoms. The van der Waals surface area contributed by atoms with Crippen LogP contribution in [-0.4, -0.2) is 46.2 Å². The fourth-order valence-corrected chi connectivity index (χ4v) is 4.51. The van der Waals surface area contributed by atoms with Crippen molar-refractivity contribution in [2.24, 2.45) is 5.41 Å². The Morgan fingerprint density at radius 3 is 2.50 bits per heavy atom. The maximum absolute atomic E-state index is 13.0. The predicted octanol–water partition coefficient (Wildman–Crippen LogP) is 3.16. The number of nitriles is 1. The van der Waals surface area contributed by atoms with Crippen LogP contribution in [0.1, 0.15) is 46.6 Å². The Balaban J connectivity index is 1.89. The molecule has 2 fully saturated rings. The van der Waals surface area contributed by atoms with Crippen molar-refractivity contribution in [2.75, 3.05) is 13.1 Å². The molecule has 2 aliphatic rings. The fourth-order valence-electron chi connectivity index (χ4n) is 4.51. The molecule has 1 aromatic rings. The normalized spacial score (nSPS) is 32.2. The summed E-state index contributed by atoms with van der Waals surface area (Å²) in [7, 11) is 0. The number of carbonyl (C=O) groups is 1. The first-order chi connectivity index (χ1) is 12.1. The third kappa shape index (κ3) is 3.24. The lowest BCUT2D eigenvalue weighted by Gasteiger charge is -2.35. The first kappa shape index (κ1) is 18.9. The lowest BCUT2D eigenvalue weighted by molar-refractivity contribution is -0.167. The van der Waals surface area contributed by atoms with Crippen molar-refractivity contribution in [1.82, 2.24) is 9.80 Å². The molecular formula is C21H29N3O2. The van der Waals surface area contributed by atoms with Gasteiger partial charge in [0.15, 0.2) is 0 Å². The molecule has 3 rings (SSSR count). The number of ether oxygens (including phenoxy) is 1. The van der Waals surface area contributed by atoms with Gasteiger partial charge in [0.25, 0.3) is 0 Å². The van der Waals surface area contributed by atoms with Gasteiger partial charge in [-0.15, -0.1) is 0 Å². The second-order valence-electron chi connectivity index (χ2n) is 9.00. The summed E-state index contributed by atoms with van der Waals surface area (Å²) in [5, 5.41) is 9.95. The van der Waals surface area contributed by atoms with Crippen LogP contribution in [0.5, 0.6) is 0 Å². The average Bonchev–Trinajstić information content (AvgIpc) is 3.08.